The summed E-state index contributed by atoms with van der Waals surface area (Å²) in [4.78, 5) is 36.7. The number of benzene rings is 1. The predicted molar refractivity (Wildman–Crippen MR) is 78.5 cm³/mol. The summed E-state index contributed by atoms with van der Waals surface area (Å²) in [5.74, 6) is 1.49. The number of rotatable bonds is 4. The van der Waals surface area contributed by atoms with Gasteiger partial charge in [-0.25, -0.2) is 0 Å². The summed E-state index contributed by atoms with van der Waals surface area (Å²) < 4.78 is 0. The Morgan fingerprint density at radius 2 is 2.10 bits per heavy atom. The summed E-state index contributed by atoms with van der Waals surface area (Å²) in [6.45, 7) is 0.101. The Bertz CT molecular complexity index is 619. The Morgan fingerprint density at radius 1 is 1.33 bits per heavy atom. The first-order chi connectivity index (χ1) is 10.1. The molecule has 0 aliphatic carbocycles. The quantitative estimate of drug-likeness (QED) is 0.791. The second-order valence-electron chi connectivity index (χ2n) is 4.53. The number of nitrogens with one attached hydrogen (secondary N) is 2. The first-order valence-corrected chi connectivity index (χ1v) is 6.51. The molecule has 1 aliphatic rings. The highest BCUT2D eigenvalue weighted by molar-refractivity contribution is 6.10. The van der Waals surface area contributed by atoms with Crippen molar-refractivity contribution in [2.45, 2.75) is 12.8 Å². The van der Waals surface area contributed by atoms with E-state index in [1.165, 1.54) is 4.90 Å². The molecule has 2 N–H and O–H groups in total. The fourth-order valence-electron chi connectivity index (χ4n) is 2.05. The fourth-order valence-corrected chi connectivity index (χ4v) is 2.05. The minimum atomic E-state index is -0.281. The summed E-state index contributed by atoms with van der Waals surface area (Å²) in [5, 5.41) is 5.20. The minimum absolute atomic E-state index is 0.0258. The molecule has 108 valence electrons. The maximum atomic E-state index is 12.2. The Labute approximate surface area is 122 Å². The van der Waals surface area contributed by atoms with Gasteiger partial charge in [-0.05, 0) is 12.1 Å². The zero-order chi connectivity index (χ0) is 15.2. The lowest BCUT2D eigenvalue weighted by molar-refractivity contribution is -0.125. The molecule has 3 amide bonds. The van der Waals surface area contributed by atoms with Gasteiger partial charge in [0, 0.05) is 12.8 Å². The molecule has 0 saturated heterocycles. The number of amides is 3. The third-order valence-corrected chi connectivity index (χ3v) is 3.03. The zero-order valence-electron chi connectivity index (χ0n) is 11.4. The fraction of sp³-hybridized carbons (Fsp3) is 0.267. The van der Waals surface area contributed by atoms with Gasteiger partial charge in [0.1, 0.15) is 6.54 Å². The lowest BCUT2D eigenvalue weighted by Crippen LogP contribution is -2.42. The largest absolute Gasteiger partial charge is 0.345 e. The van der Waals surface area contributed by atoms with Crippen molar-refractivity contribution < 1.29 is 14.4 Å². The standard InChI is InChI=1S/C15H15N3O3/c1-2-9-16-13(19)7-8-15(21)18-10-14(20)17-11-5-3-4-6-12(11)18/h1,3-6H,7-10H2,(H,16,19)(H,17,20). The highest BCUT2D eigenvalue weighted by Gasteiger charge is 2.26. The van der Waals surface area contributed by atoms with Crippen molar-refractivity contribution in [3.8, 4) is 12.3 Å². The zero-order valence-corrected chi connectivity index (χ0v) is 11.4. The van der Waals surface area contributed by atoms with Crippen molar-refractivity contribution in [1.29, 1.82) is 0 Å². The van der Waals surface area contributed by atoms with Crippen LogP contribution >= 0.6 is 0 Å². The van der Waals surface area contributed by atoms with Crippen molar-refractivity contribution in [2.24, 2.45) is 0 Å². The topological polar surface area (TPSA) is 78.5 Å². The predicted octanol–water partition coefficient (Wildman–Crippen LogP) is 0.501. The van der Waals surface area contributed by atoms with E-state index in [9.17, 15) is 14.4 Å². The van der Waals surface area contributed by atoms with E-state index in [4.69, 9.17) is 6.42 Å². The van der Waals surface area contributed by atoms with Crippen molar-refractivity contribution >= 4 is 29.1 Å². The summed E-state index contributed by atoms with van der Waals surface area (Å²) in [7, 11) is 0. The van der Waals surface area contributed by atoms with E-state index in [0.717, 1.165) is 0 Å². The highest BCUT2D eigenvalue weighted by atomic mass is 16.2. The maximum Gasteiger partial charge on any atom is 0.244 e. The number of hydrogen-bond donors (Lipinski definition) is 2. The monoisotopic (exact) mass is 285 g/mol. The van der Waals surface area contributed by atoms with Gasteiger partial charge in [0.25, 0.3) is 0 Å². The smallest absolute Gasteiger partial charge is 0.244 e. The normalized spacial score (nSPS) is 12.9. The van der Waals surface area contributed by atoms with Gasteiger partial charge in [0.15, 0.2) is 0 Å². The highest BCUT2D eigenvalue weighted by Crippen LogP contribution is 2.29. The summed E-state index contributed by atoms with van der Waals surface area (Å²) >= 11 is 0. The van der Waals surface area contributed by atoms with E-state index in [-0.39, 0.29) is 43.7 Å². The number of hydrogen-bond acceptors (Lipinski definition) is 3. The average molecular weight is 285 g/mol. The molecule has 0 saturated carbocycles. The van der Waals surface area contributed by atoms with Crippen LogP contribution in [0.25, 0.3) is 0 Å². The molecule has 21 heavy (non-hydrogen) atoms. The van der Waals surface area contributed by atoms with Crippen molar-refractivity contribution in [1.82, 2.24) is 5.32 Å². The van der Waals surface area contributed by atoms with Gasteiger partial charge < -0.3 is 15.5 Å². The maximum absolute atomic E-state index is 12.2. The average Bonchev–Trinajstić information content (AvgIpc) is 2.49. The lowest BCUT2D eigenvalue weighted by atomic mass is 10.1. The third-order valence-electron chi connectivity index (χ3n) is 3.03. The van der Waals surface area contributed by atoms with Crippen molar-refractivity contribution in [3.05, 3.63) is 24.3 Å². The second kappa shape index (κ2) is 6.57. The molecule has 1 aromatic carbocycles. The number of terminal acetylenes is 1. The number of fused-ring (bicyclic) bond motifs is 1. The van der Waals surface area contributed by atoms with Gasteiger partial charge in [0.2, 0.25) is 17.7 Å². The lowest BCUT2D eigenvalue weighted by Gasteiger charge is -2.29. The molecule has 0 bridgehead atoms. The minimum Gasteiger partial charge on any atom is -0.345 e. The van der Waals surface area contributed by atoms with Gasteiger partial charge in [-0.2, -0.15) is 0 Å². The molecule has 0 radical (unpaired) electrons. The SMILES string of the molecule is C#CCNC(=O)CCC(=O)N1CC(=O)Nc2ccccc21. The van der Waals surface area contributed by atoms with Gasteiger partial charge in [-0.15, -0.1) is 6.42 Å². The van der Waals surface area contributed by atoms with Crippen LogP contribution < -0.4 is 15.5 Å². The molecule has 6 nitrogen and oxygen atoms in total. The molecule has 1 heterocycles. The number of carbonyl (C=O) groups is 3. The van der Waals surface area contributed by atoms with Crippen LogP contribution in [0.2, 0.25) is 0 Å². The van der Waals surface area contributed by atoms with E-state index in [0.29, 0.717) is 11.4 Å². The Balaban J connectivity index is 2.01. The van der Waals surface area contributed by atoms with Gasteiger partial charge in [-0.1, -0.05) is 18.1 Å². The van der Waals surface area contributed by atoms with E-state index < -0.39 is 0 Å². The van der Waals surface area contributed by atoms with Crippen LogP contribution in [0.4, 0.5) is 11.4 Å². The van der Waals surface area contributed by atoms with Crippen LogP contribution in [0.15, 0.2) is 24.3 Å². The molecule has 2 rings (SSSR count). The van der Waals surface area contributed by atoms with E-state index >= 15 is 0 Å². The Kier molecular flexibility index (Phi) is 4.57. The first-order valence-electron chi connectivity index (χ1n) is 6.51. The molecule has 0 atom stereocenters. The summed E-state index contributed by atoms with van der Waals surface area (Å²) in [6, 6.07) is 7.05. The second-order valence-corrected chi connectivity index (χ2v) is 4.53. The molecule has 6 heteroatoms. The number of anilines is 2. The van der Waals surface area contributed by atoms with Crippen molar-refractivity contribution in [2.75, 3.05) is 23.3 Å². The Hall–Kier alpha value is -2.81. The molecule has 1 aromatic rings. The number of nitrogens with zero attached hydrogens (tertiary/aromatic N) is 1. The van der Waals surface area contributed by atoms with E-state index in [2.05, 4.69) is 16.6 Å². The summed E-state index contributed by atoms with van der Waals surface area (Å²) in [5.41, 5.74) is 1.24. The molecular formula is C15H15N3O3. The van der Waals surface area contributed by atoms with Crippen LogP contribution in [-0.4, -0.2) is 30.8 Å². The molecule has 0 spiro atoms. The number of carbonyl (C=O) groups excluding carboxylic acids is 3. The molecule has 0 aromatic heterocycles. The van der Waals surface area contributed by atoms with Crippen LogP contribution in [-0.2, 0) is 14.4 Å². The molecule has 0 unspecified atom stereocenters. The van der Waals surface area contributed by atoms with Crippen molar-refractivity contribution in [3.63, 3.8) is 0 Å². The van der Waals surface area contributed by atoms with Crippen LogP contribution in [0.3, 0.4) is 0 Å². The third kappa shape index (κ3) is 3.60. The van der Waals surface area contributed by atoms with E-state index in [1.54, 1.807) is 24.3 Å². The van der Waals surface area contributed by atoms with E-state index in [1.807, 2.05) is 0 Å². The Morgan fingerprint density at radius 3 is 2.86 bits per heavy atom. The van der Waals surface area contributed by atoms with Gasteiger partial charge in [0.05, 0.1) is 17.9 Å². The number of para-hydroxylation sites is 2. The van der Waals surface area contributed by atoms with Crippen LogP contribution in [0.5, 0.6) is 0 Å². The van der Waals surface area contributed by atoms with Gasteiger partial charge >= 0.3 is 0 Å². The summed E-state index contributed by atoms with van der Waals surface area (Å²) in [6.07, 6.45) is 5.10. The molecule has 1 aliphatic heterocycles. The van der Waals surface area contributed by atoms with Crippen LogP contribution in [0, 0.1) is 12.3 Å². The first kappa shape index (κ1) is 14.6. The molecular weight excluding hydrogens is 270 g/mol. The van der Waals surface area contributed by atoms with Gasteiger partial charge in [-0.3, -0.25) is 14.4 Å². The van der Waals surface area contributed by atoms with Crippen LogP contribution in [0.1, 0.15) is 12.8 Å². The molecule has 0 fully saturated rings.